The second-order valence-electron chi connectivity index (χ2n) is 3.05. The molecule has 0 atom stereocenters. The fraction of sp³-hybridized carbons (Fsp3) is 0.0909. The average molecular weight is 361 g/mol. The number of rotatable bonds is 3. The molecule has 0 saturated carbocycles. The van der Waals surface area contributed by atoms with Crippen LogP contribution in [0.3, 0.4) is 0 Å². The van der Waals surface area contributed by atoms with Crippen LogP contribution < -0.4 is 4.74 Å². The van der Waals surface area contributed by atoms with Crippen LogP contribution in [0.4, 0.5) is 0 Å². The van der Waals surface area contributed by atoms with Crippen molar-refractivity contribution in [2.75, 3.05) is 7.11 Å². The van der Waals surface area contributed by atoms with Gasteiger partial charge in [0.05, 0.1) is 21.8 Å². The molecule has 1 aromatic heterocycles. The Morgan fingerprint density at radius 3 is 2.94 bits per heavy atom. The Bertz CT molecular complexity index is 541. The highest BCUT2D eigenvalue weighted by molar-refractivity contribution is 14.1. The second-order valence-corrected chi connectivity index (χ2v) is 5.94. The lowest BCUT2D eigenvalue weighted by molar-refractivity contribution is 0.0600. The quantitative estimate of drug-likeness (QED) is 0.622. The Labute approximate surface area is 116 Å². The number of hydrogen-bond acceptors (Lipinski definition) is 5. The van der Waals surface area contributed by atoms with Crippen LogP contribution in [0.15, 0.2) is 30.5 Å². The minimum atomic E-state index is -0.385. The van der Waals surface area contributed by atoms with Crippen LogP contribution in [0.5, 0.6) is 10.9 Å². The van der Waals surface area contributed by atoms with E-state index in [0.29, 0.717) is 16.5 Å². The summed E-state index contributed by atoms with van der Waals surface area (Å²) in [6.45, 7) is 0. The molecule has 6 heteroatoms. The molecule has 0 aliphatic heterocycles. The highest BCUT2D eigenvalue weighted by Gasteiger charge is 2.08. The van der Waals surface area contributed by atoms with Gasteiger partial charge in [-0.2, -0.15) is 0 Å². The van der Waals surface area contributed by atoms with Gasteiger partial charge in [0.1, 0.15) is 5.75 Å². The van der Waals surface area contributed by atoms with Gasteiger partial charge in [-0.1, -0.05) is 17.4 Å². The molecule has 0 aliphatic rings. The molecule has 0 saturated heterocycles. The normalized spacial score (nSPS) is 10.0. The van der Waals surface area contributed by atoms with E-state index in [2.05, 4.69) is 32.3 Å². The van der Waals surface area contributed by atoms with Gasteiger partial charge in [-0.25, -0.2) is 9.78 Å². The lowest BCUT2D eigenvalue weighted by Gasteiger charge is -2.03. The van der Waals surface area contributed by atoms with Crippen LogP contribution in [-0.4, -0.2) is 18.1 Å². The number of carbonyl (C=O) groups excluding carboxylic acids is 1. The Morgan fingerprint density at radius 1 is 1.47 bits per heavy atom. The molecule has 0 fully saturated rings. The lowest BCUT2D eigenvalue weighted by Crippen LogP contribution is -2.00. The van der Waals surface area contributed by atoms with Crippen molar-refractivity contribution in [2.24, 2.45) is 0 Å². The fourth-order valence-electron chi connectivity index (χ4n) is 1.19. The van der Waals surface area contributed by atoms with Gasteiger partial charge in [0.2, 0.25) is 0 Å². The van der Waals surface area contributed by atoms with Crippen molar-refractivity contribution in [2.45, 2.75) is 0 Å². The number of thiazole rings is 1. The van der Waals surface area contributed by atoms with E-state index < -0.39 is 0 Å². The second kappa shape index (κ2) is 5.46. The third-order valence-corrected chi connectivity index (χ3v) is 3.52. The lowest BCUT2D eigenvalue weighted by atomic mass is 10.2. The number of ether oxygens (including phenoxy) is 2. The fourth-order valence-corrected chi connectivity index (χ4v) is 2.41. The minimum absolute atomic E-state index is 0.385. The number of carbonyl (C=O) groups is 1. The van der Waals surface area contributed by atoms with Gasteiger partial charge >= 0.3 is 5.97 Å². The smallest absolute Gasteiger partial charge is 0.337 e. The largest absolute Gasteiger partial charge is 0.465 e. The third-order valence-electron chi connectivity index (χ3n) is 1.92. The molecule has 17 heavy (non-hydrogen) atoms. The standard InChI is InChI=1S/C11H8INO3S/c1-15-10(14)7-3-2-4-8(5-7)16-11-13-6-9(12)17-11/h2-6H,1H3. The predicted octanol–water partition coefficient (Wildman–Crippen LogP) is 3.33. The summed E-state index contributed by atoms with van der Waals surface area (Å²) < 4.78 is 11.2. The maximum atomic E-state index is 11.3. The number of esters is 1. The van der Waals surface area contributed by atoms with Gasteiger partial charge in [-0.15, -0.1) is 0 Å². The molecule has 0 bridgehead atoms. The number of halogens is 1. The molecule has 0 N–H and O–H groups in total. The predicted molar refractivity (Wildman–Crippen MR) is 72.7 cm³/mol. The number of methoxy groups -OCH3 is 1. The van der Waals surface area contributed by atoms with Crippen LogP contribution in [0, 0.1) is 2.88 Å². The number of nitrogens with zero attached hydrogens (tertiary/aromatic N) is 1. The minimum Gasteiger partial charge on any atom is -0.465 e. The Hall–Kier alpha value is -1.15. The van der Waals surface area contributed by atoms with E-state index in [1.807, 2.05) is 0 Å². The molecule has 0 aliphatic carbocycles. The summed E-state index contributed by atoms with van der Waals surface area (Å²) in [4.78, 5) is 15.4. The van der Waals surface area contributed by atoms with Gasteiger partial charge in [-0.05, 0) is 40.8 Å². The van der Waals surface area contributed by atoms with Crippen LogP contribution >= 0.6 is 33.9 Å². The summed E-state index contributed by atoms with van der Waals surface area (Å²) in [7, 11) is 1.35. The first-order valence-electron chi connectivity index (χ1n) is 4.66. The zero-order chi connectivity index (χ0) is 12.3. The van der Waals surface area contributed by atoms with Crippen LogP contribution in [0.1, 0.15) is 10.4 Å². The zero-order valence-electron chi connectivity index (χ0n) is 8.84. The average Bonchev–Trinajstić information content (AvgIpc) is 2.74. The Balaban J connectivity index is 2.19. The summed E-state index contributed by atoms with van der Waals surface area (Å²) >= 11 is 3.61. The van der Waals surface area contributed by atoms with E-state index in [0.717, 1.165) is 2.88 Å². The molecule has 0 spiro atoms. The zero-order valence-corrected chi connectivity index (χ0v) is 11.8. The third kappa shape index (κ3) is 3.16. The molecule has 2 aromatic rings. The van der Waals surface area contributed by atoms with Crippen molar-refractivity contribution in [3.8, 4) is 10.9 Å². The molecular formula is C11H8INO3S. The monoisotopic (exact) mass is 361 g/mol. The first kappa shape index (κ1) is 12.3. The van der Waals surface area contributed by atoms with Crippen molar-refractivity contribution in [1.82, 2.24) is 4.98 Å². The molecule has 0 radical (unpaired) electrons. The van der Waals surface area contributed by atoms with Gasteiger partial charge in [0.15, 0.2) is 0 Å². The number of benzene rings is 1. The van der Waals surface area contributed by atoms with Crippen molar-refractivity contribution in [3.63, 3.8) is 0 Å². The summed E-state index contributed by atoms with van der Waals surface area (Å²) in [5, 5.41) is 0.552. The highest BCUT2D eigenvalue weighted by atomic mass is 127. The van der Waals surface area contributed by atoms with Crippen LogP contribution in [0.25, 0.3) is 0 Å². The van der Waals surface area contributed by atoms with Crippen LogP contribution in [-0.2, 0) is 4.74 Å². The highest BCUT2D eigenvalue weighted by Crippen LogP contribution is 2.27. The van der Waals surface area contributed by atoms with Gasteiger partial charge in [0, 0.05) is 0 Å². The van der Waals surface area contributed by atoms with E-state index in [9.17, 15) is 4.79 Å². The molecule has 1 heterocycles. The van der Waals surface area contributed by atoms with Crippen molar-refractivity contribution in [1.29, 1.82) is 0 Å². The summed E-state index contributed by atoms with van der Waals surface area (Å²) in [6, 6.07) is 6.80. The van der Waals surface area contributed by atoms with Crippen molar-refractivity contribution >= 4 is 39.9 Å². The summed E-state index contributed by atoms with van der Waals surface area (Å²) in [5.74, 6) is 0.183. The van der Waals surface area contributed by atoms with E-state index in [1.165, 1.54) is 18.4 Å². The number of hydrogen-bond donors (Lipinski definition) is 0. The first-order valence-corrected chi connectivity index (χ1v) is 6.56. The van der Waals surface area contributed by atoms with Crippen molar-refractivity contribution in [3.05, 3.63) is 38.9 Å². The van der Waals surface area contributed by atoms with E-state index in [1.54, 1.807) is 30.5 Å². The maximum Gasteiger partial charge on any atom is 0.337 e. The summed E-state index contributed by atoms with van der Waals surface area (Å²) in [5.41, 5.74) is 0.455. The molecular weight excluding hydrogens is 353 g/mol. The molecule has 0 unspecified atom stereocenters. The molecule has 1 aromatic carbocycles. The first-order chi connectivity index (χ1) is 8.19. The summed E-state index contributed by atoms with van der Waals surface area (Å²) in [6.07, 6.45) is 1.73. The Morgan fingerprint density at radius 2 is 2.29 bits per heavy atom. The topological polar surface area (TPSA) is 48.4 Å². The van der Waals surface area contributed by atoms with E-state index >= 15 is 0 Å². The van der Waals surface area contributed by atoms with Gasteiger partial charge in [-0.3, -0.25) is 0 Å². The molecule has 88 valence electrons. The number of aromatic nitrogens is 1. The maximum absolute atomic E-state index is 11.3. The van der Waals surface area contributed by atoms with Gasteiger partial charge < -0.3 is 9.47 Å². The van der Waals surface area contributed by atoms with Crippen molar-refractivity contribution < 1.29 is 14.3 Å². The van der Waals surface area contributed by atoms with E-state index in [-0.39, 0.29) is 5.97 Å². The molecule has 2 rings (SSSR count). The van der Waals surface area contributed by atoms with Crippen LogP contribution in [0.2, 0.25) is 0 Å². The SMILES string of the molecule is COC(=O)c1cccc(Oc2ncc(I)s2)c1. The molecule has 4 nitrogen and oxygen atoms in total. The Kier molecular flexibility index (Phi) is 3.95. The van der Waals surface area contributed by atoms with E-state index in [4.69, 9.17) is 4.74 Å². The molecule has 0 amide bonds. The van der Waals surface area contributed by atoms with Gasteiger partial charge in [0.25, 0.3) is 5.19 Å².